The van der Waals surface area contributed by atoms with E-state index in [1.807, 2.05) is 13.1 Å². The van der Waals surface area contributed by atoms with E-state index in [0.717, 1.165) is 44.8 Å². The molecule has 0 radical (unpaired) electrons. The Kier molecular flexibility index (Phi) is 5.61. The van der Waals surface area contributed by atoms with Crippen molar-refractivity contribution in [3.63, 3.8) is 0 Å². The van der Waals surface area contributed by atoms with Crippen LogP contribution in [-0.4, -0.2) is 35.8 Å². The van der Waals surface area contributed by atoms with E-state index in [1.165, 1.54) is 18.4 Å². The van der Waals surface area contributed by atoms with Crippen LogP contribution < -0.4 is 10.2 Å². The molecule has 0 aromatic carbocycles. The van der Waals surface area contributed by atoms with Crippen LogP contribution in [0.2, 0.25) is 0 Å². The van der Waals surface area contributed by atoms with Crippen molar-refractivity contribution in [2.24, 2.45) is 0 Å². The van der Waals surface area contributed by atoms with Gasteiger partial charge in [0.2, 0.25) is 0 Å². The largest absolute Gasteiger partial charge is 0.393 e. The molecular formula is C15H25N3O. The Morgan fingerprint density at radius 3 is 2.79 bits per heavy atom. The first-order valence-electron chi connectivity index (χ1n) is 7.38. The number of rotatable bonds is 7. The molecule has 19 heavy (non-hydrogen) atoms. The van der Waals surface area contributed by atoms with Gasteiger partial charge in [0.15, 0.2) is 0 Å². The quantitative estimate of drug-likeness (QED) is 0.738. The molecule has 1 atom stereocenters. The molecule has 106 valence electrons. The van der Waals surface area contributed by atoms with Crippen LogP contribution >= 0.6 is 0 Å². The maximum absolute atomic E-state index is 9.45. The monoisotopic (exact) mass is 263 g/mol. The van der Waals surface area contributed by atoms with Crippen LogP contribution in [0.1, 0.15) is 38.2 Å². The summed E-state index contributed by atoms with van der Waals surface area (Å²) in [7, 11) is 0. The van der Waals surface area contributed by atoms with Gasteiger partial charge in [-0.1, -0.05) is 13.0 Å². The molecule has 2 rings (SSSR count). The predicted molar refractivity (Wildman–Crippen MR) is 78.3 cm³/mol. The van der Waals surface area contributed by atoms with Crippen molar-refractivity contribution in [2.45, 2.75) is 45.3 Å². The number of hydrogen-bond donors (Lipinski definition) is 2. The van der Waals surface area contributed by atoms with Crippen LogP contribution in [0, 0.1) is 0 Å². The van der Waals surface area contributed by atoms with E-state index in [2.05, 4.69) is 27.3 Å². The maximum atomic E-state index is 9.45. The second kappa shape index (κ2) is 7.46. The molecule has 1 aliphatic rings. The van der Waals surface area contributed by atoms with E-state index in [0.29, 0.717) is 0 Å². The third-order valence-electron chi connectivity index (χ3n) is 3.69. The number of hydrogen-bond acceptors (Lipinski definition) is 4. The standard InChI is InChI=1S/C15H25N3O/c1-2-14(19)7-8-16-11-13-5-6-15(17-12-13)18-9-3-4-10-18/h5-6,12,14,16,19H,2-4,7-11H2,1H3. The fourth-order valence-corrected chi connectivity index (χ4v) is 2.36. The number of aliphatic hydroxyl groups excluding tert-OH is 1. The average molecular weight is 263 g/mol. The van der Waals surface area contributed by atoms with Gasteiger partial charge in [-0.2, -0.15) is 0 Å². The Bertz CT molecular complexity index is 360. The van der Waals surface area contributed by atoms with E-state index in [-0.39, 0.29) is 6.10 Å². The van der Waals surface area contributed by atoms with Crippen LogP contribution in [-0.2, 0) is 6.54 Å². The average Bonchev–Trinajstić information content (AvgIpc) is 2.98. The Morgan fingerprint density at radius 2 is 2.16 bits per heavy atom. The Hall–Kier alpha value is -1.13. The Labute approximate surface area is 115 Å². The molecule has 2 heterocycles. The lowest BCUT2D eigenvalue weighted by molar-refractivity contribution is 0.159. The highest BCUT2D eigenvalue weighted by Gasteiger charge is 2.12. The van der Waals surface area contributed by atoms with Crippen molar-refractivity contribution < 1.29 is 5.11 Å². The van der Waals surface area contributed by atoms with Gasteiger partial charge in [0.25, 0.3) is 0 Å². The number of nitrogens with one attached hydrogen (secondary N) is 1. The molecule has 0 bridgehead atoms. The lowest BCUT2D eigenvalue weighted by Gasteiger charge is -2.16. The molecular weight excluding hydrogens is 238 g/mol. The fraction of sp³-hybridized carbons (Fsp3) is 0.667. The van der Waals surface area contributed by atoms with Crippen molar-refractivity contribution in [2.75, 3.05) is 24.5 Å². The van der Waals surface area contributed by atoms with Gasteiger partial charge >= 0.3 is 0 Å². The van der Waals surface area contributed by atoms with Gasteiger partial charge in [0.1, 0.15) is 5.82 Å². The summed E-state index contributed by atoms with van der Waals surface area (Å²) in [6.45, 7) is 5.96. The molecule has 1 aromatic heterocycles. The molecule has 2 N–H and O–H groups in total. The van der Waals surface area contributed by atoms with Crippen LogP contribution in [0.3, 0.4) is 0 Å². The predicted octanol–water partition coefficient (Wildman–Crippen LogP) is 1.93. The molecule has 4 heteroatoms. The van der Waals surface area contributed by atoms with Crippen LogP contribution in [0.15, 0.2) is 18.3 Å². The van der Waals surface area contributed by atoms with Crippen molar-refractivity contribution in [3.05, 3.63) is 23.9 Å². The summed E-state index contributed by atoms with van der Waals surface area (Å²) >= 11 is 0. The van der Waals surface area contributed by atoms with Gasteiger partial charge in [0.05, 0.1) is 6.10 Å². The zero-order valence-electron chi connectivity index (χ0n) is 11.8. The SMILES string of the molecule is CCC(O)CCNCc1ccc(N2CCCC2)nc1. The summed E-state index contributed by atoms with van der Waals surface area (Å²) in [6.07, 6.45) is 5.99. The molecule has 1 saturated heterocycles. The van der Waals surface area contributed by atoms with Crippen molar-refractivity contribution in [3.8, 4) is 0 Å². The van der Waals surface area contributed by atoms with E-state index in [4.69, 9.17) is 0 Å². The second-order valence-corrected chi connectivity index (χ2v) is 5.25. The van der Waals surface area contributed by atoms with E-state index < -0.39 is 0 Å². The van der Waals surface area contributed by atoms with Gasteiger partial charge in [-0.25, -0.2) is 4.98 Å². The first-order valence-corrected chi connectivity index (χ1v) is 7.38. The van der Waals surface area contributed by atoms with Crippen LogP contribution in [0.25, 0.3) is 0 Å². The topological polar surface area (TPSA) is 48.4 Å². The second-order valence-electron chi connectivity index (χ2n) is 5.25. The van der Waals surface area contributed by atoms with E-state index >= 15 is 0 Å². The number of pyridine rings is 1. The minimum atomic E-state index is -0.178. The zero-order chi connectivity index (χ0) is 13.5. The molecule has 4 nitrogen and oxygen atoms in total. The van der Waals surface area contributed by atoms with Crippen molar-refractivity contribution in [1.29, 1.82) is 0 Å². The first kappa shape index (κ1) is 14.3. The minimum Gasteiger partial charge on any atom is -0.393 e. The first-order chi connectivity index (χ1) is 9.29. The smallest absolute Gasteiger partial charge is 0.128 e. The summed E-state index contributed by atoms with van der Waals surface area (Å²) in [5, 5.41) is 12.8. The third-order valence-corrected chi connectivity index (χ3v) is 3.69. The normalized spacial score (nSPS) is 16.8. The maximum Gasteiger partial charge on any atom is 0.128 e. The van der Waals surface area contributed by atoms with Crippen molar-refractivity contribution >= 4 is 5.82 Å². The number of anilines is 1. The molecule has 1 aliphatic heterocycles. The highest BCUT2D eigenvalue weighted by Crippen LogP contribution is 2.17. The van der Waals surface area contributed by atoms with Crippen LogP contribution in [0.5, 0.6) is 0 Å². The molecule has 0 aliphatic carbocycles. The minimum absolute atomic E-state index is 0.178. The van der Waals surface area contributed by atoms with Gasteiger partial charge in [-0.15, -0.1) is 0 Å². The molecule has 1 aromatic rings. The fourth-order valence-electron chi connectivity index (χ4n) is 2.36. The number of aromatic nitrogens is 1. The Morgan fingerprint density at radius 1 is 1.37 bits per heavy atom. The van der Waals surface area contributed by atoms with Crippen LogP contribution in [0.4, 0.5) is 5.82 Å². The summed E-state index contributed by atoms with van der Waals surface area (Å²) in [5.74, 6) is 1.10. The molecule has 1 fully saturated rings. The summed E-state index contributed by atoms with van der Waals surface area (Å²) in [4.78, 5) is 6.87. The highest BCUT2D eigenvalue weighted by atomic mass is 16.3. The van der Waals surface area contributed by atoms with E-state index in [9.17, 15) is 5.11 Å². The van der Waals surface area contributed by atoms with Gasteiger partial charge in [-0.3, -0.25) is 0 Å². The highest BCUT2D eigenvalue weighted by molar-refractivity contribution is 5.40. The lowest BCUT2D eigenvalue weighted by atomic mass is 10.2. The molecule has 0 spiro atoms. The lowest BCUT2D eigenvalue weighted by Crippen LogP contribution is -2.21. The van der Waals surface area contributed by atoms with Gasteiger partial charge in [0, 0.05) is 25.8 Å². The summed E-state index contributed by atoms with van der Waals surface area (Å²) in [6, 6.07) is 4.26. The zero-order valence-corrected chi connectivity index (χ0v) is 11.8. The van der Waals surface area contributed by atoms with Crippen molar-refractivity contribution in [1.82, 2.24) is 10.3 Å². The molecule has 1 unspecified atom stereocenters. The van der Waals surface area contributed by atoms with E-state index in [1.54, 1.807) is 0 Å². The Balaban J connectivity index is 1.72. The number of nitrogens with zero attached hydrogens (tertiary/aromatic N) is 2. The number of aliphatic hydroxyl groups is 1. The van der Waals surface area contributed by atoms with Gasteiger partial charge < -0.3 is 15.3 Å². The molecule has 0 saturated carbocycles. The summed E-state index contributed by atoms with van der Waals surface area (Å²) < 4.78 is 0. The third kappa shape index (κ3) is 4.48. The molecule has 0 amide bonds. The van der Waals surface area contributed by atoms with Gasteiger partial charge in [-0.05, 0) is 43.9 Å². The summed E-state index contributed by atoms with van der Waals surface area (Å²) in [5.41, 5.74) is 1.20.